The van der Waals surface area contributed by atoms with E-state index in [4.69, 9.17) is 27.5 Å². The maximum atomic E-state index is 12.5. The van der Waals surface area contributed by atoms with Crippen LogP contribution in [0.4, 0.5) is 0 Å². The quantitative estimate of drug-likeness (QED) is 0.478. The minimum Gasteiger partial charge on any atom is -0.452 e. The fourth-order valence-electron chi connectivity index (χ4n) is 2.34. The van der Waals surface area contributed by atoms with Crippen molar-refractivity contribution in [1.82, 2.24) is 10.0 Å². The lowest BCUT2D eigenvalue weighted by Crippen LogP contribution is -2.32. The Labute approximate surface area is 162 Å². The molecule has 0 radical (unpaired) electrons. The molecule has 1 aromatic carbocycles. The molecule has 1 atom stereocenters. The summed E-state index contributed by atoms with van der Waals surface area (Å²) in [7, 11) is -3.95. The molecule has 1 fully saturated rings. The number of terminal acetylenes is 1. The van der Waals surface area contributed by atoms with Gasteiger partial charge in [0.25, 0.3) is 5.91 Å². The van der Waals surface area contributed by atoms with Crippen LogP contribution < -0.4 is 10.0 Å². The van der Waals surface area contributed by atoms with Crippen molar-refractivity contribution in [2.75, 3.05) is 26.3 Å². The molecular weight excluding hydrogens is 396 g/mol. The topological polar surface area (TPSA) is 111 Å². The number of nitrogens with one attached hydrogen (secondary N) is 2. The van der Waals surface area contributed by atoms with Crippen LogP contribution in [0.25, 0.3) is 0 Å². The number of esters is 1. The molecule has 0 spiro atoms. The Kier molecular flexibility index (Phi) is 7.62. The van der Waals surface area contributed by atoms with E-state index in [1.165, 1.54) is 12.1 Å². The van der Waals surface area contributed by atoms with Crippen molar-refractivity contribution in [3.05, 3.63) is 28.8 Å². The van der Waals surface area contributed by atoms with E-state index in [1.807, 2.05) is 0 Å². The van der Waals surface area contributed by atoms with E-state index in [-0.39, 0.29) is 34.7 Å². The number of carbonyl (C=O) groups is 2. The van der Waals surface area contributed by atoms with Crippen LogP contribution in [0.15, 0.2) is 23.1 Å². The van der Waals surface area contributed by atoms with Crippen LogP contribution in [-0.2, 0) is 24.3 Å². The zero-order valence-corrected chi connectivity index (χ0v) is 15.9. The van der Waals surface area contributed by atoms with E-state index >= 15 is 0 Å². The van der Waals surface area contributed by atoms with Gasteiger partial charge in [-0.05, 0) is 31.0 Å². The van der Waals surface area contributed by atoms with Gasteiger partial charge in [0, 0.05) is 13.2 Å². The van der Waals surface area contributed by atoms with Gasteiger partial charge in [0.1, 0.15) is 4.90 Å². The van der Waals surface area contributed by atoms with Gasteiger partial charge in [-0.25, -0.2) is 17.9 Å². The molecule has 0 unspecified atom stereocenters. The van der Waals surface area contributed by atoms with Gasteiger partial charge in [-0.15, -0.1) is 6.42 Å². The molecule has 8 nitrogen and oxygen atoms in total. The van der Waals surface area contributed by atoms with Crippen LogP contribution in [0.1, 0.15) is 23.2 Å². The molecule has 1 heterocycles. The van der Waals surface area contributed by atoms with Gasteiger partial charge in [-0.2, -0.15) is 0 Å². The third-order valence-electron chi connectivity index (χ3n) is 3.70. The summed E-state index contributed by atoms with van der Waals surface area (Å²) in [5.74, 6) is 0.780. The van der Waals surface area contributed by atoms with Gasteiger partial charge >= 0.3 is 5.97 Å². The average molecular weight is 415 g/mol. The van der Waals surface area contributed by atoms with Gasteiger partial charge in [-0.3, -0.25) is 4.79 Å². The van der Waals surface area contributed by atoms with E-state index in [0.717, 1.165) is 18.9 Å². The summed E-state index contributed by atoms with van der Waals surface area (Å²) in [5.41, 5.74) is -0.0540. The molecule has 0 saturated carbocycles. The molecule has 0 aromatic heterocycles. The number of carbonyl (C=O) groups excluding carboxylic acids is 2. The Hall–Kier alpha value is -2.12. The Morgan fingerprint density at radius 2 is 2.19 bits per heavy atom. The van der Waals surface area contributed by atoms with Crippen molar-refractivity contribution >= 4 is 33.5 Å². The van der Waals surface area contributed by atoms with E-state index in [1.54, 1.807) is 0 Å². The summed E-state index contributed by atoms with van der Waals surface area (Å²) in [5, 5.41) is 2.29. The number of benzene rings is 1. The summed E-state index contributed by atoms with van der Waals surface area (Å²) < 4.78 is 37.6. The van der Waals surface area contributed by atoms with Crippen LogP contribution in [0.2, 0.25) is 5.02 Å². The SMILES string of the molecule is C#CCNC(=O)COC(=O)c1ccc(Cl)c(S(=O)(=O)NC[C@@H]2CCCO2)c1. The summed E-state index contributed by atoms with van der Waals surface area (Å²) in [6, 6.07) is 3.68. The van der Waals surface area contributed by atoms with E-state index in [9.17, 15) is 18.0 Å². The molecule has 0 bridgehead atoms. The molecule has 1 saturated heterocycles. The van der Waals surface area contributed by atoms with Crippen LogP contribution in [0.5, 0.6) is 0 Å². The zero-order chi connectivity index (χ0) is 19.9. The molecule has 1 aliphatic rings. The van der Waals surface area contributed by atoms with E-state index in [2.05, 4.69) is 16.0 Å². The lowest BCUT2D eigenvalue weighted by Gasteiger charge is -2.13. The lowest BCUT2D eigenvalue weighted by molar-refractivity contribution is -0.123. The molecular formula is C17H19ClN2O6S. The van der Waals surface area contributed by atoms with Crippen LogP contribution in [0.3, 0.4) is 0 Å². The number of ether oxygens (including phenoxy) is 2. The summed E-state index contributed by atoms with van der Waals surface area (Å²) in [6.45, 7) is 0.185. The molecule has 1 aliphatic heterocycles. The van der Waals surface area contributed by atoms with Gasteiger partial charge < -0.3 is 14.8 Å². The molecule has 2 N–H and O–H groups in total. The second-order valence-electron chi connectivity index (χ2n) is 5.69. The van der Waals surface area contributed by atoms with Gasteiger partial charge in [0.15, 0.2) is 6.61 Å². The van der Waals surface area contributed by atoms with Gasteiger partial charge in [0.05, 0.1) is 23.2 Å². The number of sulfonamides is 1. The standard InChI is InChI=1S/C17H19ClN2O6S/c1-2-7-19-16(21)11-26-17(22)12-5-6-14(18)15(9-12)27(23,24)20-10-13-4-3-8-25-13/h1,5-6,9,13,20H,3-4,7-8,10-11H2,(H,19,21)/t13-/m0/s1. The van der Waals surface area contributed by atoms with E-state index in [0.29, 0.717) is 6.61 Å². The molecule has 0 aliphatic carbocycles. The van der Waals surface area contributed by atoms with Crippen molar-refractivity contribution in [2.45, 2.75) is 23.8 Å². The Morgan fingerprint density at radius 1 is 1.41 bits per heavy atom. The first kappa shape index (κ1) is 21.2. The monoisotopic (exact) mass is 414 g/mol. The van der Waals surface area contributed by atoms with Crippen LogP contribution in [-0.4, -0.2) is 52.7 Å². The predicted octanol–water partition coefficient (Wildman–Crippen LogP) is 0.703. The van der Waals surface area contributed by atoms with E-state index < -0.39 is 28.5 Å². The molecule has 2 rings (SSSR count). The first-order chi connectivity index (χ1) is 12.8. The minimum atomic E-state index is -3.95. The van der Waals surface area contributed by atoms with Crippen LogP contribution >= 0.6 is 11.6 Å². The third-order valence-corrected chi connectivity index (χ3v) is 5.61. The normalized spacial score (nSPS) is 16.5. The number of hydrogen-bond donors (Lipinski definition) is 2. The highest BCUT2D eigenvalue weighted by atomic mass is 35.5. The van der Waals surface area contributed by atoms with Crippen molar-refractivity contribution in [3.63, 3.8) is 0 Å². The Bertz CT molecular complexity index is 843. The molecule has 10 heteroatoms. The molecule has 27 heavy (non-hydrogen) atoms. The summed E-state index contributed by atoms with van der Waals surface area (Å²) in [6.07, 6.45) is 6.46. The van der Waals surface area contributed by atoms with Crippen molar-refractivity contribution < 1.29 is 27.5 Å². The maximum absolute atomic E-state index is 12.5. The van der Waals surface area contributed by atoms with Gasteiger partial charge in [-0.1, -0.05) is 17.5 Å². The predicted molar refractivity (Wildman–Crippen MR) is 97.7 cm³/mol. The average Bonchev–Trinajstić information content (AvgIpc) is 3.16. The minimum absolute atomic E-state index is 0.0100. The number of halogens is 1. The second kappa shape index (κ2) is 9.71. The first-order valence-electron chi connectivity index (χ1n) is 8.11. The number of amides is 1. The smallest absolute Gasteiger partial charge is 0.338 e. The maximum Gasteiger partial charge on any atom is 0.338 e. The highest BCUT2D eigenvalue weighted by molar-refractivity contribution is 7.89. The Balaban J connectivity index is 2.04. The zero-order valence-electron chi connectivity index (χ0n) is 14.4. The highest BCUT2D eigenvalue weighted by Crippen LogP contribution is 2.23. The molecule has 1 amide bonds. The van der Waals surface area contributed by atoms with Crippen molar-refractivity contribution in [2.24, 2.45) is 0 Å². The fourth-order valence-corrected chi connectivity index (χ4v) is 3.93. The van der Waals surface area contributed by atoms with Gasteiger partial charge in [0.2, 0.25) is 10.0 Å². The second-order valence-corrected chi connectivity index (χ2v) is 7.83. The van der Waals surface area contributed by atoms with Crippen LogP contribution in [0, 0.1) is 12.3 Å². The highest BCUT2D eigenvalue weighted by Gasteiger charge is 2.23. The largest absolute Gasteiger partial charge is 0.452 e. The van der Waals surface area contributed by atoms with Crippen molar-refractivity contribution in [3.8, 4) is 12.3 Å². The number of rotatable bonds is 8. The lowest BCUT2D eigenvalue weighted by atomic mass is 10.2. The summed E-state index contributed by atoms with van der Waals surface area (Å²) in [4.78, 5) is 23.2. The first-order valence-corrected chi connectivity index (χ1v) is 9.97. The Morgan fingerprint density at radius 3 is 2.85 bits per heavy atom. The third kappa shape index (κ3) is 6.22. The van der Waals surface area contributed by atoms with Crippen molar-refractivity contribution in [1.29, 1.82) is 0 Å². The fraction of sp³-hybridized carbons (Fsp3) is 0.412. The molecule has 146 valence electrons. The summed E-state index contributed by atoms with van der Waals surface area (Å²) >= 11 is 5.98. The number of hydrogen-bond acceptors (Lipinski definition) is 6. The molecule has 1 aromatic rings.